The van der Waals surface area contributed by atoms with Gasteiger partial charge in [-0.15, -0.1) is 0 Å². The lowest BCUT2D eigenvalue weighted by Gasteiger charge is -2.27. The Balaban J connectivity index is 2.24. The Bertz CT molecular complexity index is 385. The van der Waals surface area contributed by atoms with Gasteiger partial charge in [0.25, 0.3) is 0 Å². The van der Waals surface area contributed by atoms with E-state index in [9.17, 15) is 4.79 Å². The van der Waals surface area contributed by atoms with Gasteiger partial charge in [-0.25, -0.2) is 4.79 Å². The Morgan fingerprint density at radius 2 is 2.20 bits per heavy atom. The lowest BCUT2D eigenvalue weighted by molar-refractivity contribution is 0.0679. The summed E-state index contributed by atoms with van der Waals surface area (Å²) in [5.41, 5.74) is 0.227. The molecule has 1 aromatic carbocycles. The maximum absolute atomic E-state index is 10.9. The van der Waals surface area contributed by atoms with Crippen LogP contribution in [0.3, 0.4) is 0 Å². The lowest BCUT2D eigenvalue weighted by atomic mass is 9.96. The van der Waals surface area contributed by atoms with Crippen LogP contribution in [0, 0.1) is 0 Å². The van der Waals surface area contributed by atoms with Gasteiger partial charge in [0.1, 0.15) is 11.3 Å². The van der Waals surface area contributed by atoms with E-state index in [0.29, 0.717) is 5.75 Å². The number of aromatic carboxylic acids is 1. The molecule has 15 heavy (non-hydrogen) atoms. The first-order valence-corrected chi connectivity index (χ1v) is 5.65. The number of carboxylic acids is 1. The number of carbonyl (C=O) groups is 1. The van der Waals surface area contributed by atoms with Gasteiger partial charge in [0.05, 0.1) is 6.10 Å². The first-order chi connectivity index (χ1) is 7.16. The summed E-state index contributed by atoms with van der Waals surface area (Å²) < 4.78 is 6.45. The van der Waals surface area contributed by atoms with Gasteiger partial charge in [0, 0.05) is 4.47 Å². The van der Waals surface area contributed by atoms with Crippen LogP contribution in [0.1, 0.15) is 29.6 Å². The van der Waals surface area contributed by atoms with Gasteiger partial charge in [-0.3, -0.25) is 0 Å². The molecule has 0 spiro atoms. The molecule has 1 aromatic rings. The van der Waals surface area contributed by atoms with Crippen LogP contribution in [0.5, 0.6) is 5.75 Å². The van der Waals surface area contributed by atoms with Crippen molar-refractivity contribution < 1.29 is 14.6 Å². The quantitative estimate of drug-likeness (QED) is 0.918. The largest absolute Gasteiger partial charge is 0.489 e. The van der Waals surface area contributed by atoms with Crippen molar-refractivity contribution in [3.8, 4) is 5.75 Å². The molecular formula is C11H11BrO3. The third kappa shape index (κ3) is 2.31. The number of carboxylic acid groups (broad SMARTS) is 1. The predicted molar refractivity (Wildman–Crippen MR) is 59.4 cm³/mol. The molecule has 0 heterocycles. The second-order valence-corrected chi connectivity index (χ2v) is 4.53. The Morgan fingerprint density at radius 1 is 1.47 bits per heavy atom. The molecule has 1 N–H and O–H groups in total. The van der Waals surface area contributed by atoms with Crippen molar-refractivity contribution in [2.24, 2.45) is 0 Å². The zero-order valence-corrected chi connectivity index (χ0v) is 9.66. The molecule has 0 amide bonds. The number of benzene rings is 1. The zero-order chi connectivity index (χ0) is 10.8. The summed E-state index contributed by atoms with van der Waals surface area (Å²) in [6, 6.07) is 4.97. The van der Waals surface area contributed by atoms with Crippen LogP contribution in [-0.2, 0) is 0 Å². The first kappa shape index (κ1) is 10.5. The smallest absolute Gasteiger partial charge is 0.339 e. The van der Waals surface area contributed by atoms with E-state index in [0.717, 1.165) is 17.3 Å². The van der Waals surface area contributed by atoms with Gasteiger partial charge in [-0.1, -0.05) is 15.9 Å². The number of halogens is 1. The van der Waals surface area contributed by atoms with Gasteiger partial charge < -0.3 is 9.84 Å². The van der Waals surface area contributed by atoms with Gasteiger partial charge >= 0.3 is 5.97 Å². The lowest BCUT2D eigenvalue weighted by Crippen LogP contribution is -2.25. The summed E-state index contributed by atoms with van der Waals surface area (Å²) in [5.74, 6) is -0.488. The van der Waals surface area contributed by atoms with Crippen molar-refractivity contribution in [2.45, 2.75) is 25.4 Å². The molecule has 4 heteroatoms. The van der Waals surface area contributed by atoms with Crippen LogP contribution < -0.4 is 4.74 Å². The maximum atomic E-state index is 10.9. The van der Waals surface area contributed by atoms with E-state index >= 15 is 0 Å². The predicted octanol–water partition coefficient (Wildman–Crippen LogP) is 3.08. The van der Waals surface area contributed by atoms with E-state index in [1.807, 2.05) is 0 Å². The standard InChI is InChI=1S/C11H11BrO3/c12-7-4-5-9(11(13)14)10(6-7)15-8-2-1-3-8/h4-6,8H,1-3H2,(H,13,14). The van der Waals surface area contributed by atoms with E-state index in [2.05, 4.69) is 15.9 Å². The minimum atomic E-state index is -0.947. The SMILES string of the molecule is O=C(O)c1ccc(Br)cc1OC1CCC1. The fourth-order valence-corrected chi connectivity index (χ4v) is 1.78. The van der Waals surface area contributed by atoms with E-state index in [-0.39, 0.29) is 11.7 Å². The maximum Gasteiger partial charge on any atom is 0.339 e. The van der Waals surface area contributed by atoms with E-state index < -0.39 is 5.97 Å². The Hall–Kier alpha value is -1.03. The van der Waals surface area contributed by atoms with Crippen LogP contribution in [0.2, 0.25) is 0 Å². The molecule has 0 saturated heterocycles. The highest BCUT2D eigenvalue weighted by molar-refractivity contribution is 9.10. The molecule has 1 fully saturated rings. The fourth-order valence-electron chi connectivity index (χ4n) is 1.44. The summed E-state index contributed by atoms with van der Waals surface area (Å²) in [6.45, 7) is 0. The molecule has 1 aliphatic carbocycles. The van der Waals surface area contributed by atoms with Crippen LogP contribution >= 0.6 is 15.9 Å². The molecule has 0 bridgehead atoms. The van der Waals surface area contributed by atoms with Crippen molar-refractivity contribution >= 4 is 21.9 Å². The molecule has 3 nitrogen and oxygen atoms in total. The van der Waals surface area contributed by atoms with E-state index in [1.165, 1.54) is 6.42 Å². The summed E-state index contributed by atoms with van der Waals surface area (Å²) >= 11 is 3.30. The van der Waals surface area contributed by atoms with E-state index in [1.54, 1.807) is 18.2 Å². The molecule has 0 radical (unpaired) electrons. The van der Waals surface area contributed by atoms with Gasteiger partial charge in [0.2, 0.25) is 0 Å². The highest BCUT2D eigenvalue weighted by atomic mass is 79.9. The molecule has 0 aliphatic heterocycles. The third-order valence-electron chi connectivity index (χ3n) is 2.52. The highest BCUT2D eigenvalue weighted by Crippen LogP contribution is 2.29. The number of ether oxygens (including phenoxy) is 1. The molecule has 80 valence electrons. The minimum Gasteiger partial charge on any atom is -0.489 e. The normalized spacial score (nSPS) is 15.8. The molecule has 1 saturated carbocycles. The molecule has 0 unspecified atom stereocenters. The second-order valence-electron chi connectivity index (χ2n) is 3.62. The van der Waals surface area contributed by atoms with E-state index in [4.69, 9.17) is 9.84 Å². The first-order valence-electron chi connectivity index (χ1n) is 4.86. The second kappa shape index (κ2) is 4.23. The molecule has 2 rings (SSSR count). The summed E-state index contributed by atoms with van der Waals surface area (Å²) in [6.07, 6.45) is 3.40. The van der Waals surface area contributed by atoms with Gasteiger partial charge in [-0.05, 0) is 37.5 Å². The topological polar surface area (TPSA) is 46.5 Å². The van der Waals surface area contributed by atoms with Crippen LogP contribution in [0.4, 0.5) is 0 Å². The van der Waals surface area contributed by atoms with Crippen molar-refractivity contribution in [1.29, 1.82) is 0 Å². The Morgan fingerprint density at radius 3 is 2.73 bits per heavy atom. The fraction of sp³-hybridized carbons (Fsp3) is 0.364. The minimum absolute atomic E-state index is 0.192. The molecule has 0 atom stereocenters. The van der Waals surface area contributed by atoms with Crippen molar-refractivity contribution in [3.63, 3.8) is 0 Å². The summed E-state index contributed by atoms with van der Waals surface area (Å²) in [4.78, 5) is 10.9. The highest BCUT2D eigenvalue weighted by Gasteiger charge is 2.21. The van der Waals surface area contributed by atoms with Crippen LogP contribution in [0.15, 0.2) is 22.7 Å². The number of hydrogen-bond donors (Lipinski definition) is 1. The molecule has 0 aromatic heterocycles. The average Bonchev–Trinajstić information content (AvgIpc) is 2.11. The Kier molecular flexibility index (Phi) is 2.95. The van der Waals surface area contributed by atoms with Crippen molar-refractivity contribution in [2.75, 3.05) is 0 Å². The van der Waals surface area contributed by atoms with Gasteiger partial charge in [-0.2, -0.15) is 0 Å². The molecular weight excluding hydrogens is 260 g/mol. The third-order valence-corrected chi connectivity index (χ3v) is 3.01. The number of hydrogen-bond acceptors (Lipinski definition) is 2. The van der Waals surface area contributed by atoms with Crippen LogP contribution in [0.25, 0.3) is 0 Å². The summed E-state index contributed by atoms with van der Waals surface area (Å²) in [5, 5.41) is 8.96. The average molecular weight is 271 g/mol. The monoisotopic (exact) mass is 270 g/mol. The summed E-state index contributed by atoms with van der Waals surface area (Å²) in [7, 11) is 0. The zero-order valence-electron chi connectivity index (χ0n) is 8.07. The molecule has 1 aliphatic rings. The van der Waals surface area contributed by atoms with Crippen LogP contribution in [-0.4, -0.2) is 17.2 Å². The number of rotatable bonds is 3. The van der Waals surface area contributed by atoms with Crippen molar-refractivity contribution in [1.82, 2.24) is 0 Å². The van der Waals surface area contributed by atoms with Gasteiger partial charge in [0.15, 0.2) is 0 Å². The van der Waals surface area contributed by atoms with Crippen molar-refractivity contribution in [3.05, 3.63) is 28.2 Å². The Labute approximate surface area is 96.2 Å².